The van der Waals surface area contributed by atoms with Gasteiger partial charge >= 0.3 is 6.18 Å². The zero-order chi connectivity index (χ0) is 24.9. The molecule has 2 heterocycles. The summed E-state index contributed by atoms with van der Waals surface area (Å²) in [5.41, 5.74) is 5.01. The predicted molar refractivity (Wildman–Crippen MR) is 118 cm³/mol. The van der Waals surface area contributed by atoms with Gasteiger partial charge in [-0.3, -0.25) is 20.4 Å². The number of hydrazine groups is 1. The second-order valence-corrected chi connectivity index (χ2v) is 7.50. The van der Waals surface area contributed by atoms with Crippen LogP contribution in [0.15, 0.2) is 48.8 Å². The van der Waals surface area contributed by atoms with Crippen molar-refractivity contribution in [1.29, 1.82) is 0 Å². The minimum absolute atomic E-state index is 0.0988. The van der Waals surface area contributed by atoms with Gasteiger partial charge in [-0.15, -0.1) is 0 Å². The largest absolute Gasteiger partial charge is 0.497 e. The fourth-order valence-electron chi connectivity index (χ4n) is 3.08. The lowest BCUT2D eigenvalue weighted by molar-refractivity contribution is -0.137. The van der Waals surface area contributed by atoms with E-state index in [1.54, 1.807) is 45.2 Å². The molecule has 0 saturated heterocycles. The van der Waals surface area contributed by atoms with E-state index in [-0.39, 0.29) is 23.8 Å². The number of nitrogens with one attached hydrogen (secondary N) is 3. The highest BCUT2D eigenvalue weighted by Gasteiger charge is 2.31. The van der Waals surface area contributed by atoms with E-state index in [1.807, 2.05) is 0 Å². The second-order valence-electron chi connectivity index (χ2n) is 7.50. The van der Waals surface area contributed by atoms with E-state index in [2.05, 4.69) is 26.3 Å². The Morgan fingerprint density at radius 3 is 2.32 bits per heavy atom. The molecule has 0 bridgehead atoms. The highest BCUT2D eigenvalue weighted by atomic mass is 19.4. The van der Waals surface area contributed by atoms with E-state index in [0.29, 0.717) is 23.3 Å². The molecule has 180 valence electrons. The SMILES string of the molecule is COc1ccc(NCC(=O)NNC(=O)c2cnn(-c3ccc(C(F)(F)F)cn3)c2C(C)C)cc1. The van der Waals surface area contributed by atoms with E-state index in [0.717, 1.165) is 6.07 Å². The first-order valence-electron chi connectivity index (χ1n) is 10.2. The molecule has 1 aromatic carbocycles. The summed E-state index contributed by atoms with van der Waals surface area (Å²) < 4.78 is 44.8. The molecule has 0 spiro atoms. The smallest absolute Gasteiger partial charge is 0.417 e. The standard InChI is InChI=1S/C22H23F3N6O3/c1-13(2)20-17(11-28-31(20)18-9-4-14(10-27-18)22(23,24)25)21(33)30-29-19(32)12-26-15-5-7-16(34-3)8-6-15/h4-11,13,26H,12H2,1-3H3,(H,29,32)(H,30,33). The first-order valence-corrected chi connectivity index (χ1v) is 10.2. The van der Waals surface area contributed by atoms with Gasteiger partial charge in [0.1, 0.15) is 5.75 Å². The van der Waals surface area contributed by atoms with Crippen molar-refractivity contribution in [3.63, 3.8) is 0 Å². The Balaban J connectivity index is 1.65. The van der Waals surface area contributed by atoms with Gasteiger partial charge in [-0.2, -0.15) is 18.3 Å². The molecule has 0 unspecified atom stereocenters. The maximum atomic E-state index is 12.8. The molecule has 12 heteroatoms. The number of carbonyl (C=O) groups is 2. The topological polar surface area (TPSA) is 110 Å². The summed E-state index contributed by atoms with van der Waals surface area (Å²) >= 11 is 0. The molecule has 3 rings (SSSR count). The van der Waals surface area contributed by atoms with Gasteiger partial charge in [-0.1, -0.05) is 13.8 Å². The molecule has 9 nitrogen and oxygen atoms in total. The van der Waals surface area contributed by atoms with Gasteiger partial charge in [-0.05, 0) is 42.3 Å². The van der Waals surface area contributed by atoms with Crippen LogP contribution >= 0.6 is 0 Å². The number of benzene rings is 1. The fourth-order valence-corrected chi connectivity index (χ4v) is 3.08. The van der Waals surface area contributed by atoms with Gasteiger partial charge in [0.2, 0.25) is 0 Å². The van der Waals surface area contributed by atoms with Crippen LogP contribution in [0.4, 0.5) is 18.9 Å². The molecule has 0 saturated carbocycles. The summed E-state index contributed by atoms with van der Waals surface area (Å²) in [6.45, 7) is 3.50. The molecular weight excluding hydrogens is 453 g/mol. The minimum atomic E-state index is -4.51. The number of nitrogens with zero attached hydrogens (tertiary/aromatic N) is 3. The zero-order valence-corrected chi connectivity index (χ0v) is 18.6. The van der Waals surface area contributed by atoms with Crippen molar-refractivity contribution in [3.05, 3.63) is 65.6 Å². The summed E-state index contributed by atoms with van der Waals surface area (Å²) in [6.07, 6.45) is -2.54. The highest BCUT2D eigenvalue weighted by Crippen LogP contribution is 2.29. The lowest BCUT2D eigenvalue weighted by Crippen LogP contribution is -2.44. The van der Waals surface area contributed by atoms with Gasteiger partial charge in [0.05, 0.1) is 36.7 Å². The molecule has 2 aromatic heterocycles. The Bertz CT molecular complexity index is 1140. The quantitative estimate of drug-likeness (QED) is 0.452. The Kier molecular flexibility index (Phi) is 7.39. The predicted octanol–water partition coefficient (Wildman–Crippen LogP) is 3.29. The van der Waals surface area contributed by atoms with Crippen molar-refractivity contribution in [1.82, 2.24) is 25.6 Å². The average Bonchev–Trinajstić information content (AvgIpc) is 3.27. The van der Waals surface area contributed by atoms with Crippen LogP contribution in [0.1, 0.15) is 41.4 Å². The molecule has 34 heavy (non-hydrogen) atoms. The summed E-state index contributed by atoms with van der Waals surface area (Å²) in [5, 5.41) is 7.02. The van der Waals surface area contributed by atoms with Gasteiger partial charge in [0, 0.05) is 11.9 Å². The zero-order valence-electron chi connectivity index (χ0n) is 18.6. The van der Waals surface area contributed by atoms with Crippen LogP contribution in [0.5, 0.6) is 5.75 Å². The molecule has 0 fully saturated rings. The first kappa shape index (κ1) is 24.6. The Hall–Kier alpha value is -4.09. The van der Waals surface area contributed by atoms with Gasteiger partial charge in [0.25, 0.3) is 11.8 Å². The van der Waals surface area contributed by atoms with Gasteiger partial charge < -0.3 is 10.1 Å². The van der Waals surface area contributed by atoms with Gasteiger partial charge in [0.15, 0.2) is 5.82 Å². The maximum absolute atomic E-state index is 12.8. The normalized spacial score (nSPS) is 11.3. The number of hydrogen-bond donors (Lipinski definition) is 3. The highest BCUT2D eigenvalue weighted by molar-refractivity contribution is 5.96. The van der Waals surface area contributed by atoms with Gasteiger partial charge in [-0.25, -0.2) is 9.67 Å². The third-order valence-corrected chi connectivity index (χ3v) is 4.75. The monoisotopic (exact) mass is 476 g/mol. The van der Waals surface area contributed by atoms with Crippen molar-refractivity contribution in [2.45, 2.75) is 25.9 Å². The summed E-state index contributed by atoms with van der Waals surface area (Å²) in [6, 6.07) is 9.02. The maximum Gasteiger partial charge on any atom is 0.417 e. The van der Waals surface area contributed by atoms with Crippen molar-refractivity contribution in [2.75, 3.05) is 19.0 Å². The molecule has 0 atom stereocenters. The minimum Gasteiger partial charge on any atom is -0.497 e. The number of methoxy groups -OCH3 is 1. The lowest BCUT2D eigenvalue weighted by atomic mass is 10.1. The van der Waals surface area contributed by atoms with Crippen LogP contribution in [0.3, 0.4) is 0 Å². The number of rotatable bonds is 7. The van der Waals surface area contributed by atoms with Crippen LogP contribution < -0.4 is 20.9 Å². The van der Waals surface area contributed by atoms with Crippen LogP contribution in [0.25, 0.3) is 5.82 Å². The molecule has 0 aliphatic heterocycles. The lowest BCUT2D eigenvalue weighted by Gasteiger charge is -2.13. The number of alkyl halides is 3. The molecule has 0 aliphatic rings. The Morgan fingerprint density at radius 1 is 1.06 bits per heavy atom. The summed E-state index contributed by atoms with van der Waals surface area (Å²) in [4.78, 5) is 28.6. The molecule has 2 amide bonds. The second kappa shape index (κ2) is 10.2. The van der Waals surface area contributed by atoms with E-state index in [4.69, 9.17) is 4.74 Å². The van der Waals surface area contributed by atoms with Crippen molar-refractivity contribution in [3.8, 4) is 11.6 Å². The molecular formula is C22H23F3N6O3. The molecule has 3 aromatic rings. The fraction of sp³-hybridized carbons (Fsp3) is 0.273. The average molecular weight is 476 g/mol. The number of anilines is 1. The third-order valence-electron chi connectivity index (χ3n) is 4.75. The summed E-state index contributed by atoms with van der Waals surface area (Å²) in [5.74, 6) is -0.537. The number of aromatic nitrogens is 3. The summed E-state index contributed by atoms with van der Waals surface area (Å²) in [7, 11) is 1.55. The number of halogens is 3. The van der Waals surface area contributed by atoms with Crippen molar-refractivity contribution < 1.29 is 27.5 Å². The number of hydrogen-bond acceptors (Lipinski definition) is 6. The first-order chi connectivity index (χ1) is 16.1. The number of amides is 2. The van der Waals surface area contributed by atoms with E-state index >= 15 is 0 Å². The number of ether oxygens (including phenoxy) is 1. The van der Waals surface area contributed by atoms with E-state index in [1.165, 1.54) is 16.9 Å². The molecule has 0 radical (unpaired) electrons. The van der Waals surface area contributed by atoms with Crippen LogP contribution in [0, 0.1) is 0 Å². The van der Waals surface area contributed by atoms with Crippen LogP contribution in [0.2, 0.25) is 0 Å². The number of carbonyl (C=O) groups excluding carboxylic acids is 2. The third kappa shape index (κ3) is 5.82. The van der Waals surface area contributed by atoms with Crippen molar-refractivity contribution >= 4 is 17.5 Å². The Labute approximate surface area is 193 Å². The number of pyridine rings is 1. The van der Waals surface area contributed by atoms with E-state index < -0.39 is 23.6 Å². The molecule has 0 aliphatic carbocycles. The Morgan fingerprint density at radius 2 is 1.76 bits per heavy atom. The van der Waals surface area contributed by atoms with Crippen LogP contribution in [-0.2, 0) is 11.0 Å². The molecule has 3 N–H and O–H groups in total. The van der Waals surface area contributed by atoms with Crippen molar-refractivity contribution in [2.24, 2.45) is 0 Å². The van der Waals surface area contributed by atoms with Crippen LogP contribution in [-0.4, -0.2) is 40.2 Å². The van der Waals surface area contributed by atoms with E-state index in [9.17, 15) is 22.8 Å².